The van der Waals surface area contributed by atoms with Gasteiger partial charge in [0.1, 0.15) is 0 Å². The Kier molecular flexibility index (Phi) is 5.66. The number of carboxylic acids is 1. The van der Waals surface area contributed by atoms with Crippen LogP contribution in [0.4, 0.5) is 0 Å². The molecule has 1 rings (SSSR count). The van der Waals surface area contributed by atoms with Crippen molar-refractivity contribution < 1.29 is 19.7 Å². The molecule has 4 nitrogen and oxygen atoms in total. The first kappa shape index (κ1) is 13.7. The van der Waals surface area contributed by atoms with Crippen LogP contribution in [-0.2, 0) is 16.0 Å². The molecule has 0 radical (unpaired) electrons. The summed E-state index contributed by atoms with van der Waals surface area (Å²) in [6.45, 7) is 0.165. The summed E-state index contributed by atoms with van der Waals surface area (Å²) in [5.41, 5.74) is 0.963. The quantitative estimate of drug-likeness (QED) is 0.752. The van der Waals surface area contributed by atoms with E-state index in [1.807, 2.05) is 30.3 Å². The van der Waals surface area contributed by atoms with Gasteiger partial charge in [0.25, 0.3) is 0 Å². The second-order valence-corrected chi connectivity index (χ2v) is 4.07. The molecule has 0 aliphatic heterocycles. The molecule has 17 heavy (non-hydrogen) atoms. The first-order chi connectivity index (χ1) is 8.13. The average Bonchev–Trinajstić information content (AvgIpc) is 2.29. The van der Waals surface area contributed by atoms with Crippen molar-refractivity contribution in [2.24, 2.45) is 5.92 Å². The lowest BCUT2D eigenvalue weighted by Crippen LogP contribution is -2.25. The van der Waals surface area contributed by atoms with E-state index in [4.69, 9.17) is 9.84 Å². The van der Waals surface area contributed by atoms with E-state index in [9.17, 15) is 9.90 Å². The fraction of sp³-hybridized carbons (Fsp3) is 0.462. The molecule has 0 spiro atoms. The maximum absolute atomic E-state index is 11.1. The number of ether oxygens (including phenoxy) is 1. The van der Waals surface area contributed by atoms with Crippen LogP contribution in [0.25, 0.3) is 0 Å². The first-order valence-corrected chi connectivity index (χ1v) is 5.57. The zero-order valence-electron chi connectivity index (χ0n) is 9.87. The van der Waals surface area contributed by atoms with Gasteiger partial charge in [-0.2, -0.15) is 0 Å². The molecule has 2 N–H and O–H groups in total. The van der Waals surface area contributed by atoms with Crippen LogP contribution < -0.4 is 0 Å². The smallest absolute Gasteiger partial charge is 0.306 e. The largest absolute Gasteiger partial charge is 0.481 e. The van der Waals surface area contributed by atoms with Gasteiger partial charge in [-0.25, -0.2) is 0 Å². The number of carboxylic acid groups (broad SMARTS) is 1. The second kappa shape index (κ2) is 7.04. The van der Waals surface area contributed by atoms with Crippen molar-refractivity contribution in [1.29, 1.82) is 0 Å². The summed E-state index contributed by atoms with van der Waals surface area (Å²) in [4.78, 5) is 11.1. The highest BCUT2D eigenvalue weighted by Gasteiger charge is 2.21. The summed E-state index contributed by atoms with van der Waals surface area (Å²) in [6, 6.07) is 9.41. The number of aliphatic carboxylic acids is 1. The molecule has 0 saturated heterocycles. The Hall–Kier alpha value is -1.39. The van der Waals surface area contributed by atoms with E-state index in [1.165, 1.54) is 7.11 Å². The Morgan fingerprint density at radius 3 is 2.53 bits per heavy atom. The van der Waals surface area contributed by atoms with Gasteiger partial charge in [0.15, 0.2) is 0 Å². The monoisotopic (exact) mass is 238 g/mol. The molecular formula is C13H18O4. The predicted molar refractivity (Wildman–Crippen MR) is 63.8 cm³/mol. The molecule has 1 aromatic carbocycles. The minimum Gasteiger partial charge on any atom is -0.481 e. The van der Waals surface area contributed by atoms with Gasteiger partial charge in [-0.3, -0.25) is 4.79 Å². The molecule has 0 aromatic heterocycles. The molecule has 0 heterocycles. The maximum Gasteiger partial charge on any atom is 0.306 e. The van der Waals surface area contributed by atoms with E-state index < -0.39 is 18.0 Å². The van der Waals surface area contributed by atoms with Crippen LogP contribution in [0.15, 0.2) is 30.3 Å². The molecule has 0 bridgehead atoms. The third-order valence-corrected chi connectivity index (χ3v) is 2.59. The highest BCUT2D eigenvalue weighted by molar-refractivity contribution is 5.70. The number of aliphatic hydroxyl groups excluding tert-OH is 1. The van der Waals surface area contributed by atoms with E-state index in [1.54, 1.807) is 0 Å². The van der Waals surface area contributed by atoms with Crippen molar-refractivity contribution in [2.45, 2.75) is 18.9 Å². The molecule has 0 fully saturated rings. The summed E-state index contributed by atoms with van der Waals surface area (Å²) in [6.07, 6.45) is -0.0977. The lowest BCUT2D eigenvalue weighted by molar-refractivity contribution is -0.143. The number of rotatable bonds is 7. The minimum absolute atomic E-state index is 0.165. The normalized spacial score (nSPS) is 14.2. The topological polar surface area (TPSA) is 66.8 Å². The summed E-state index contributed by atoms with van der Waals surface area (Å²) < 4.78 is 4.79. The molecule has 0 amide bonds. The Bertz CT molecular complexity index is 337. The van der Waals surface area contributed by atoms with E-state index in [-0.39, 0.29) is 13.0 Å². The molecule has 2 unspecified atom stereocenters. The Morgan fingerprint density at radius 1 is 1.35 bits per heavy atom. The SMILES string of the molecule is COCC(O)CC(Cc1ccccc1)C(=O)O. The van der Waals surface area contributed by atoms with Crippen molar-refractivity contribution in [1.82, 2.24) is 0 Å². The summed E-state index contributed by atoms with van der Waals surface area (Å²) in [5, 5.41) is 18.7. The van der Waals surface area contributed by atoms with Crippen LogP contribution in [0.5, 0.6) is 0 Å². The second-order valence-electron chi connectivity index (χ2n) is 4.07. The third kappa shape index (κ3) is 4.97. The fourth-order valence-corrected chi connectivity index (χ4v) is 1.76. The molecule has 0 aliphatic rings. The van der Waals surface area contributed by atoms with Crippen molar-refractivity contribution in [2.75, 3.05) is 13.7 Å². The number of carbonyl (C=O) groups is 1. The molecule has 0 saturated carbocycles. The molecule has 0 aliphatic carbocycles. The maximum atomic E-state index is 11.1. The van der Waals surface area contributed by atoms with Gasteiger partial charge >= 0.3 is 5.97 Å². The van der Waals surface area contributed by atoms with Gasteiger partial charge in [-0.1, -0.05) is 30.3 Å². The van der Waals surface area contributed by atoms with Gasteiger partial charge in [-0.15, -0.1) is 0 Å². The molecule has 2 atom stereocenters. The Balaban J connectivity index is 2.58. The lowest BCUT2D eigenvalue weighted by Gasteiger charge is -2.16. The summed E-state index contributed by atoms with van der Waals surface area (Å²) >= 11 is 0. The third-order valence-electron chi connectivity index (χ3n) is 2.59. The van der Waals surface area contributed by atoms with E-state index >= 15 is 0 Å². The molecule has 4 heteroatoms. The van der Waals surface area contributed by atoms with Crippen molar-refractivity contribution in [3.8, 4) is 0 Å². The standard InChI is InChI=1S/C13H18O4/c1-17-9-12(14)8-11(13(15)16)7-10-5-3-2-4-6-10/h2-6,11-12,14H,7-9H2,1H3,(H,15,16). The number of hydrogen-bond donors (Lipinski definition) is 2. The van der Waals surface area contributed by atoms with Crippen molar-refractivity contribution >= 4 is 5.97 Å². The highest BCUT2D eigenvalue weighted by Crippen LogP contribution is 2.15. The highest BCUT2D eigenvalue weighted by atomic mass is 16.5. The Morgan fingerprint density at radius 2 is 2.00 bits per heavy atom. The zero-order valence-corrected chi connectivity index (χ0v) is 9.87. The van der Waals surface area contributed by atoms with E-state index in [2.05, 4.69) is 0 Å². The summed E-state index contributed by atoms with van der Waals surface area (Å²) in [5.74, 6) is -1.47. The van der Waals surface area contributed by atoms with Gasteiger partial charge in [0, 0.05) is 7.11 Å². The van der Waals surface area contributed by atoms with Crippen LogP contribution in [-0.4, -0.2) is 36.0 Å². The Labute approximate surface area is 101 Å². The lowest BCUT2D eigenvalue weighted by atomic mass is 9.94. The van der Waals surface area contributed by atoms with Gasteiger partial charge < -0.3 is 14.9 Å². The fourth-order valence-electron chi connectivity index (χ4n) is 1.76. The molecule has 1 aromatic rings. The van der Waals surface area contributed by atoms with Crippen molar-refractivity contribution in [3.63, 3.8) is 0 Å². The van der Waals surface area contributed by atoms with Crippen LogP contribution in [0.1, 0.15) is 12.0 Å². The van der Waals surface area contributed by atoms with E-state index in [0.29, 0.717) is 6.42 Å². The number of benzene rings is 1. The first-order valence-electron chi connectivity index (χ1n) is 5.57. The minimum atomic E-state index is -0.885. The van der Waals surface area contributed by atoms with Crippen LogP contribution >= 0.6 is 0 Å². The number of hydrogen-bond acceptors (Lipinski definition) is 3. The number of methoxy groups -OCH3 is 1. The average molecular weight is 238 g/mol. The van der Waals surface area contributed by atoms with Gasteiger partial charge in [-0.05, 0) is 18.4 Å². The summed E-state index contributed by atoms with van der Waals surface area (Å²) in [7, 11) is 1.48. The predicted octanol–water partition coefficient (Wildman–Crippen LogP) is 1.33. The molecular weight excluding hydrogens is 220 g/mol. The van der Waals surface area contributed by atoms with Crippen molar-refractivity contribution in [3.05, 3.63) is 35.9 Å². The zero-order chi connectivity index (χ0) is 12.7. The van der Waals surface area contributed by atoms with Crippen LogP contribution in [0, 0.1) is 5.92 Å². The van der Waals surface area contributed by atoms with Gasteiger partial charge in [0.05, 0.1) is 18.6 Å². The molecule has 94 valence electrons. The number of aliphatic hydroxyl groups is 1. The van der Waals surface area contributed by atoms with Gasteiger partial charge in [0.2, 0.25) is 0 Å². The van der Waals surface area contributed by atoms with Crippen LogP contribution in [0.3, 0.4) is 0 Å². The van der Waals surface area contributed by atoms with E-state index in [0.717, 1.165) is 5.56 Å². The van der Waals surface area contributed by atoms with Crippen LogP contribution in [0.2, 0.25) is 0 Å².